The summed E-state index contributed by atoms with van der Waals surface area (Å²) in [5, 5.41) is 0. The molecule has 0 radical (unpaired) electrons. The summed E-state index contributed by atoms with van der Waals surface area (Å²) in [6.45, 7) is 11.8. The zero-order valence-electron chi connectivity index (χ0n) is 15.3. The third kappa shape index (κ3) is 23.4. The quantitative estimate of drug-likeness (QED) is 0.216. The number of rotatable bonds is 22. The molecule has 0 aliphatic carbocycles. The van der Waals surface area contributed by atoms with E-state index in [1.807, 2.05) is 0 Å². The van der Waals surface area contributed by atoms with Gasteiger partial charge < -0.3 is 38.9 Å². The smallest absolute Gasteiger partial charge is 0.0704 e. The minimum absolute atomic E-state index is 0.535. The molecule has 0 aliphatic rings. The van der Waals surface area contributed by atoms with Crippen molar-refractivity contribution in [2.45, 2.75) is 0 Å². The summed E-state index contributed by atoms with van der Waals surface area (Å²) in [6.07, 6.45) is 1.71. The van der Waals surface area contributed by atoms with Gasteiger partial charge in [0.05, 0.1) is 92.5 Å². The predicted octanol–water partition coefficient (Wildman–Crippen LogP) is 0.247. The second kappa shape index (κ2) is 23.4. The Morgan fingerprint density at radius 2 is 0.760 bits per heavy atom. The van der Waals surface area contributed by atoms with Gasteiger partial charge in [-0.2, -0.15) is 0 Å². The van der Waals surface area contributed by atoms with E-state index in [2.05, 4.69) is 6.58 Å². The van der Waals surface area contributed by atoms with Crippen molar-refractivity contribution in [2.75, 3.05) is 99.0 Å². The van der Waals surface area contributed by atoms with Gasteiger partial charge >= 0.3 is 0 Å². The zero-order valence-corrected chi connectivity index (χ0v) is 15.3. The Morgan fingerprint density at radius 3 is 1.04 bits per heavy atom. The summed E-state index contributed by atoms with van der Waals surface area (Å²) in [6, 6.07) is 0. The van der Waals surface area contributed by atoms with E-state index in [-0.39, 0.29) is 0 Å². The molecule has 8 nitrogen and oxygen atoms in total. The highest BCUT2D eigenvalue weighted by atomic mass is 16.6. The molecular formula is C17H35NO7. The minimum atomic E-state index is 0.535. The lowest BCUT2D eigenvalue weighted by atomic mass is 10.6. The highest BCUT2D eigenvalue weighted by Gasteiger charge is 1.94. The molecular weight excluding hydrogens is 330 g/mol. The molecule has 0 heterocycles. The van der Waals surface area contributed by atoms with Crippen LogP contribution in [0.5, 0.6) is 0 Å². The lowest BCUT2D eigenvalue weighted by molar-refractivity contribution is -0.0195. The van der Waals surface area contributed by atoms with Gasteiger partial charge in [0.15, 0.2) is 0 Å². The van der Waals surface area contributed by atoms with E-state index in [0.29, 0.717) is 99.0 Å². The Balaban J connectivity index is 2.95. The number of hydrogen-bond donors (Lipinski definition) is 1. The van der Waals surface area contributed by atoms with E-state index in [0.717, 1.165) is 0 Å². The van der Waals surface area contributed by atoms with Gasteiger partial charge in [-0.15, -0.1) is 6.58 Å². The standard InChI is InChI=1S/C17H35NO7/c1-2-4-19-6-8-21-10-12-23-14-16-25-17-15-24-13-11-22-9-7-20-5-3-18/h2H,1,3-18H2. The summed E-state index contributed by atoms with van der Waals surface area (Å²) in [4.78, 5) is 0. The van der Waals surface area contributed by atoms with Crippen molar-refractivity contribution in [1.29, 1.82) is 0 Å². The van der Waals surface area contributed by atoms with Crippen LogP contribution in [0.1, 0.15) is 0 Å². The summed E-state index contributed by atoms with van der Waals surface area (Å²) < 4.78 is 37.1. The first-order valence-electron chi connectivity index (χ1n) is 8.77. The molecule has 8 heteroatoms. The fourth-order valence-electron chi connectivity index (χ4n) is 1.57. The molecule has 0 unspecified atom stereocenters. The van der Waals surface area contributed by atoms with E-state index >= 15 is 0 Å². The second-order valence-corrected chi connectivity index (χ2v) is 4.83. The SMILES string of the molecule is C=CCOCCOCCOCCOCCOCCOCCOCCN. The van der Waals surface area contributed by atoms with Gasteiger partial charge in [0, 0.05) is 6.54 Å². The molecule has 0 spiro atoms. The summed E-state index contributed by atoms with van der Waals surface area (Å²) in [5.41, 5.74) is 5.30. The van der Waals surface area contributed by atoms with Crippen molar-refractivity contribution in [1.82, 2.24) is 0 Å². The van der Waals surface area contributed by atoms with Gasteiger partial charge in [-0.3, -0.25) is 0 Å². The molecule has 0 saturated carbocycles. The topological polar surface area (TPSA) is 90.6 Å². The van der Waals surface area contributed by atoms with Crippen molar-refractivity contribution in [3.05, 3.63) is 12.7 Å². The first-order chi connectivity index (χ1) is 12.4. The van der Waals surface area contributed by atoms with Crippen LogP contribution in [0.2, 0.25) is 0 Å². The van der Waals surface area contributed by atoms with Gasteiger partial charge in [0.1, 0.15) is 0 Å². The molecule has 25 heavy (non-hydrogen) atoms. The van der Waals surface area contributed by atoms with Crippen LogP contribution in [0.25, 0.3) is 0 Å². The molecule has 0 rings (SSSR count). The van der Waals surface area contributed by atoms with E-state index in [4.69, 9.17) is 38.9 Å². The normalized spacial score (nSPS) is 11.1. The molecule has 0 fully saturated rings. The Hall–Kier alpha value is -0.580. The Bertz CT molecular complexity index is 257. The van der Waals surface area contributed by atoms with E-state index in [1.54, 1.807) is 6.08 Å². The third-order valence-electron chi connectivity index (χ3n) is 2.73. The summed E-state index contributed by atoms with van der Waals surface area (Å²) >= 11 is 0. The van der Waals surface area contributed by atoms with Crippen molar-refractivity contribution in [3.63, 3.8) is 0 Å². The molecule has 0 aromatic carbocycles. The second-order valence-electron chi connectivity index (χ2n) is 4.83. The third-order valence-corrected chi connectivity index (χ3v) is 2.73. The first kappa shape index (κ1) is 24.4. The maximum absolute atomic E-state index is 5.38. The number of hydrogen-bond acceptors (Lipinski definition) is 8. The average molecular weight is 365 g/mol. The fourth-order valence-corrected chi connectivity index (χ4v) is 1.57. The molecule has 0 aliphatic heterocycles. The van der Waals surface area contributed by atoms with E-state index in [1.165, 1.54) is 0 Å². The largest absolute Gasteiger partial charge is 0.378 e. The lowest BCUT2D eigenvalue weighted by Gasteiger charge is -2.08. The van der Waals surface area contributed by atoms with Crippen LogP contribution in [-0.2, 0) is 33.2 Å². The molecule has 150 valence electrons. The first-order valence-corrected chi connectivity index (χ1v) is 8.77. The van der Waals surface area contributed by atoms with Gasteiger partial charge in [-0.05, 0) is 0 Å². The van der Waals surface area contributed by atoms with Crippen LogP contribution >= 0.6 is 0 Å². The summed E-state index contributed by atoms with van der Waals surface area (Å²) in [5.74, 6) is 0. The molecule has 0 aromatic heterocycles. The highest BCUT2D eigenvalue weighted by Crippen LogP contribution is 1.85. The van der Waals surface area contributed by atoms with Gasteiger partial charge in [-0.1, -0.05) is 6.08 Å². The lowest BCUT2D eigenvalue weighted by Crippen LogP contribution is -2.15. The van der Waals surface area contributed by atoms with E-state index < -0.39 is 0 Å². The fraction of sp³-hybridized carbons (Fsp3) is 0.882. The highest BCUT2D eigenvalue weighted by molar-refractivity contribution is 4.63. The van der Waals surface area contributed by atoms with Crippen molar-refractivity contribution >= 4 is 0 Å². The Morgan fingerprint density at radius 1 is 0.480 bits per heavy atom. The summed E-state index contributed by atoms with van der Waals surface area (Å²) in [7, 11) is 0. The number of ether oxygens (including phenoxy) is 7. The minimum Gasteiger partial charge on any atom is -0.378 e. The van der Waals surface area contributed by atoms with Crippen LogP contribution < -0.4 is 5.73 Å². The van der Waals surface area contributed by atoms with Gasteiger partial charge in [0.25, 0.3) is 0 Å². The van der Waals surface area contributed by atoms with Crippen LogP contribution in [0.4, 0.5) is 0 Å². The van der Waals surface area contributed by atoms with Crippen LogP contribution in [0, 0.1) is 0 Å². The molecule has 0 aromatic rings. The van der Waals surface area contributed by atoms with Crippen LogP contribution in [0.3, 0.4) is 0 Å². The van der Waals surface area contributed by atoms with Crippen molar-refractivity contribution < 1.29 is 33.2 Å². The van der Waals surface area contributed by atoms with E-state index in [9.17, 15) is 0 Å². The monoisotopic (exact) mass is 365 g/mol. The molecule has 0 saturated heterocycles. The average Bonchev–Trinajstić information content (AvgIpc) is 2.63. The van der Waals surface area contributed by atoms with Crippen LogP contribution in [0.15, 0.2) is 12.7 Å². The Kier molecular flexibility index (Phi) is 22.9. The molecule has 2 N–H and O–H groups in total. The maximum Gasteiger partial charge on any atom is 0.0704 e. The maximum atomic E-state index is 5.38. The Labute approximate surface area is 151 Å². The van der Waals surface area contributed by atoms with Crippen molar-refractivity contribution in [3.8, 4) is 0 Å². The zero-order chi connectivity index (χ0) is 18.3. The van der Waals surface area contributed by atoms with Crippen LogP contribution in [-0.4, -0.2) is 99.0 Å². The predicted molar refractivity (Wildman–Crippen MR) is 95.0 cm³/mol. The van der Waals surface area contributed by atoms with Crippen molar-refractivity contribution in [2.24, 2.45) is 5.73 Å². The molecule has 0 amide bonds. The molecule has 0 atom stereocenters. The van der Waals surface area contributed by atoms with Gasteiger partial charge in [-0.25, -0.2) is 0 Å². The molecule has 0 bridgehead atoms. The number of nitrogens with two attached hydrogens (primary N) is 1. The van der Waals surface area contributed by atoms with Gasteiger partial charge in [0.2, 0.25) is 0 Å².